The number of pyridine rings is 1. The zero-order valence-electron chi connectivity index (χ0n) is 8.51. The third kappa shape index (κ3) is 2.32. The fourth-order valence-electron chi connectivity index (χ4n) is 1.34. The topological polar surface area (TPSA) is 68.8 Å². The van der Waals surface area contributed by atoms with Gasteiger partial charge in [-0.3, -0.25) is 4.68 Å². The van der Waals surface area contributed by atoms with E-state index in [1.54, 1.807) is 6.20 Å². The van der Waals surface area contributed by atoms with Gasteiger partial charge in [0.15, 0.2) is 0 Å². The molecule has 0 unspecified atom stereocenters. The van der Waals surface area contributed by atoms with E-state index in [0.717, 1.165) is 17.7 Å². The predicted molar refractivity (Wildman–Crippen MR) is 58.1 cm³/mol. The summed E-state index contributed by atoms with van der Waals surface area (Å²) in [6.45, 7) is 2.74. The molecular formula is C10H13N5. The summed E-state index contributed by atoms with van der Waals surface area (Å²) in [7, 11) is 0. The van der Waals surface area contributed by atoms with E-state index < -0.39 is 0 Å². The summed E-state index contributed by atoms with van der Waals surface area (Å²) >= 11 is 0. The predicted octanol–water partition coefficient (Wildman–Crippen LogP) is 0.920. The van der Waals surface area contributed by atoms with Crippen LogP contribution in [0.3, 0.4) is 0 Å². The molecule has 2 aromatic heterocycles. The summed E-state index contributed by atoms with van der Waals surface area (Å²) in [4.78, 5) is 4.12. The molecule has 5 nitrogen and oxygen atoms in total. The maximum atomic E-state index is 5.23. The number of nitrogens with zero attached hydrogens (tertiary/aromatic N) is 3. The Labute approximate surface area is 87.9 Å². The van der Waals surface area contributed by atoms with Crippen molar-refractivity contribution in [2.24, 2.45) is 5.84 Å². The molecule has 0 saturated carbocycles. The first-order valence-corrected chi connectivity index (χ1v) is 4.68. The number of rotatable bonds is 3. The van der Waals surface area contributed by atoms with Crippen LogP contribution in [0.2, 0.25) is 0 Å². The molecule has 2 heterocycles. The average molecular weight is 203 g/mol. The van der Waals surface area contributed by atoms with Crippen LogP contribution in [-0.4, -0.2) is 14.8 Å². The molecule has 0 aliphatic heterocycles. The minimum Gasteiger partial charge on any atom is -0.308 e. The normalized spacial score (nSPS) is 10.3. The van der Waals surface area contributed by atoms with Gasteiger partial charge in [-0.05, 0) is 24.1 Å². The van der Waals surface area contributed by atoms with E-state index in [1.807, 2.05) is 36.1 Å². The van der Waals surface area contributed by atoms with Crippen LogP contribution in [0.4, 0.5) is 5.82 Å². The van der Waals surface area contributed by atoms with Gasteiger partial charge in [-0.15, -0.1) is 0 Å². The van der Waals surface area contributed by atoms with E-state index in [0.29, 0.717) is 5.82 Å². The second-order valence-electron chi connectivity index (χ2n) is 3.41. The Balaban J connectivity index is 2.11. The van der Waals surface area contributed by atoms with E-state index >= 15 is 0 Å². The molecule has 0 aromatic carbocycles. The van der Waals surface area contributed by atoms with Crippen molar-refractivity contribution in [1.29, 1.82) is 0 Å². The Morgan fingerprint density at radius 3 is 2.80 bits per heavy atom. The minimum atomic E-state index is 0.662. The number of hydrazine groups is 1. The van der Waals surface area contributed by atoms with Gasteiger partial charge in [0.05, 0.1) is 12.7 Å². The van der Waals surface area contributed by atoms with Gasteiger partial charge in [-0.1, -0.05) is 6.07 Å². The molecule has 78 valence electrons. The van der Waals surface area contributed by atoms with Crippen LogP contribution >= 0.6 is 0 Å². The lowest BCUT2D eigenvalue weighted by atomic mass is 10.3. The van der Waals surface area contributed by atoms with Crippen molar-refractivity contribution < 1.29 is 0 Å². The molecule has 3 N–H and O–H groups in total. The summed E-state index contributed by atoms with van der Waals surface area (Å²) in [5, 5.41) is 4.20. The fraction of sp³-hybridized carbons (Fsp3) is 0.200. The van der Waals surface area contributed by atoms with Gasteiger partial charge in [0.25, 0.3) is 0 Å². The zero-order chi connectivity index (χ0) is 10.7. The lowest BCUT2D eigenvalue weighted by Crippen LogP contribution is -2.08. The number of nitrogens with one attached hydrogen (secondary N) is 1. The Morgan fingerprint density at radius 2 is 2.27 bits per heavy atom. The van der Waals surface area contributed by atoms with Crippen LogP contribution in [0.5, 0.6) is 0 Å². The highest BCUT2D eigenvalue weighted by Gasteiger charge is 1.97. The van der Waals surface area contributed by atoms with Gasteiger partial charge in [0, 0.05) is 12.4 Å². The average Bonchev–Trinajstić information content (AvgIpc) is 2.65. The van der Waals surface area contributed by atoms with Crippen molar-refractivity contribution in [3.8, 4) is 0 Å². The Morgan fingerprint density at radius 1 is 1.40 bits per heavy atom. The number of hydrogen-bond donors (Lipinski definition) is 2. The summed E-state index contributed by atoms with van der Waals surface area (Å²) in [6, 6.07) is 3.81. The molecule has 0 aliphatic carbocycles. The highest BCUT2D eigenvalue weighted by molar-refractivity contribution is 5.33. The molecule has 2 aromatic rings. The van der Waals surface area contributed by atoms with Crippen molar-refractivity contribution in [3.63, 3.8) is 0 Å². The van der Waals surface area contributed by atoms with Crippen molar-refractivity contribution in [3.05, 3.63) is 41.9 Å². The smallest absolute Gasteiger partial charge is 0.139 e. The monoisotopic (exact) mass is 203 g/mol. The number of aryl methyl sites for hydroxylation is 1. The molecular weight excluding hydrogens is 190 g/mol. The van der Waals surface area contributed by atoms with Crippen LogP contribution in [0.15, 0.2) is 30.7 Å². The first-order valence-electron chi connectivity index (χ1n) is 4.68. The second-order valence-corrected chi connectivity index (χ2v) is 3.41. The standard InChI is InChI=1S/C10H13N5/c1-8-4-13-15(6-8)7-9-2-3-10(14-11)12-5-9/h2-6H,7,11H2,1H3,(H,12,14). The third-order valence-electron chi connectivity index (χ3n) is 2.08. The molecule has 0 amide bonds. The Kier molecular flexibility index (Phi) is 2.64. The zero-order valence-corrected chi connectivity index (χ0v) is 8.51. The summed E-state index contributed by atoms with van der Waals surface area (Å²) in [5.74, 6) is 5.89. The quantitative estimate of drug-likeness (QED) is 0.575. The first-order chi connectivity index (χ1) is 7.28. The van der Waals surface area contributed by atoms with Crippen LogP contribution in [-0.2, 0) is 6.54 Å². The minimum absolute atomic E-state index is 0.662. The van der Waals surface area contributed by atoms with E-state index in [2.05, 4.69) is 15.5 Å². The van der Waals surface area contributed by atoms with E-state index in [-0.39, 0.29) is 0 Å². The lowest BCUT2D eigenvalue weighted by molar-refractivity contribution is 0.684. The number of aromatic nitrogens is 3. The fourth-order valence-corrected chi connectivity index (χ4v) is 1.34. The van der Waals surface area contributed by atoms with Crippen molar-refractivity contribution in [1.82, 2.24) is 14.8 Å². The largest absolute Gasteiger partial charge is 0.308 e. The van der Waals surface area contributed by atoms with Crippen LogP contribution in [0, 0.1) is 6.92 Å². The molecule has 15 heavy (non-hydrogen) atoms. The third-order valence-corrected chi connectivity index (χ3v) is 2.08. The molecule has 0 saturated heterocycles. The van der Waals surface area contributed by atoms with Gasteiger partial charge in [0.2, 0.25) is 0 Å². The number of nitrogen functional groups attached to an aromatic ring is 1. The van der Waals surface area contributed by atoms with E-state index in [9.17, 15) is 0 Å². The van der Waals surface area contributed by atoms with E-state index in [4.69, 9.17) is 5.84 Å². The molecule has 2 rings (SSSR count). The maximum absolute atomic E-state index is 5.23. The van der Waals surface area contributed by atoms with Gasteiger partial charge < -0.3 is 5.43 Å². The molecule has 0 fully saturated rings. The van der Waals surface area contributed by atoms with Crippen molar-refractivity contribution >= 4 is 5.82 Å². The highest BCUT2D eigenvalue weighted by Crippen LogP contribution is 2.05. The molecule has 0 aliphatic rings. The first kappa shape index (κ1) is 9.67. The summed E-state index contributed by atoms with van der Waals surface area (Å²) < 4.78 is 1.88. The van der Waals surface area contributed by atoms with Crippen LogP contribution in [0.25, 0.3) is 0 Å². The number of nitrogens with two attached hydrogens (primary N) is 1. The molecule has 0 atom stereocenters. The van der Waals surface area contributed by atoms with Crippen LogP contribution < -0.4 is 11.3 Å². The van der Waals surface area contributed by atoms with Crippen molar-refractivity contribution in [2.75, 3.05) is 5.43 Å². The van der Waals surface area contributed by atoms with Crippen molar-refractivity contribution in [2.45, 2.75) is 13.5 Å². The molecule has 0 bridgehead atoms. The lowest BCUT2D eigenvalue weighted by Gasteiger charge is -2.02. The summed E-state index contributed by atoms with van der Waals surface area (Å²) in [5.41, 5.74) is 4.74. The van der Waals surface area contributed by atoms with Gasteiger partial charge >= 0.3 is 0 Å². The summed E-state index contributed by atoms with van der Waals surface area (Å²) in [6.07, 6.45) is 5.62. The number of hydrogen-bond acceptors (Lipinski definition) is 4. The Hall–Kier alpha value is -1.88. The number of anilines is 1. The van der Waals surface area contributed by atoms with E-state index in [1.165, 1.54) is 0 Å². The van der Waals surface area contributed by atoms with Crippen LogP contribution in [0.1, 0.15) is 11.1 Å². The van der Waals surface area contributed by atoms with Gasteiger partial charge in [0.1, 0.15) is 5.82 Å². The maximum Gasteiger partial charge on any atom is 0.139 e. The molecule has 5 heteroatoms. The molecule has 0 radical (unpaired) electrons. The second kappa shape index (κ2) is 4.10. The Bertz CT molecular complexity index is 431. The highest BCUT2D eigenvalue weighted by atomic mass is 15.3. The van der Waals surface area contributed by atoms with Gasteiger partial charge in [-0.2, -0.15) is 5.10 Å². The molecule has 0 spiro atoms. The van der Waals surface area contributed by atoms with Gasteiger partial charge in [-0.25, -0.2) is 10.8 Å². The SMILES string of the molecule is Cc1cnn(Cc2ccc(NN)nc2)c1.